The molecule has 0 saturated heterocycles. The van der Waals surface area contributed by atoms with E-state index in [1.165, 1.54) is 6.07 Å². The first-order chi connectivity index (χ1) is 10.8. The van der Waals surface area contributed by atoms with E-state index in [0.717, 1.165) is 12.0 Å². The SMILES string of the molecule is Cc1ccc(O)c(O)c1CCC1C(=O)CC[C@]2(C)C(=O)CC[C@@H]12. The van der Waals surface area contributed by atoms with Gasteiger partial charge in [-0.15, -0.1) is 0 Å². The first-order valence-electron chi connectivity index (χ1n) is 8.41. The normalized spacial score (nSPS) is 30.5. The third-order valence-corrected chi connectivity index (χ3v) is 6.13. The molecule has 4 nitrogen and oxygen atoms in total. The standard InChI is InChI=1S/C19H24O4/c1-11-3-7-16(21)18(23)12(11)4-5-13-14-6-8-17(22)19(14,2)10-9-15(13)20/h3,7,13-14,21,23H,4-6,8-10H2,1-2H3/t13?,14-,19-/m0/s1. The predicted molar refractivity (Wildman–Crippen MR) is 86.4 cm³/mol. The number of ketones is 2. The summed E-state index contributed by atoms with van der Waals surface area (Å²) >= 11 is 0. The van der Waals surface area contributed by atoms with E-state index < -0.39 is 0 Å². The van der Waals surface area contributed by atoms with Crippen LogP contribution in [0.5, 0.6) is 11.5 Å². The zero-order valence-electron chi connectivity index (χ0n) is 13.8. The van der Waals surface area contributed by atoms with Gasteiger partial charge in [-0.2, -0.15) is 0 Å². The zero-order chi connectivity index (χ0) is 16.8. The third-order valence-electron chi connectivity index (χ3n) is 6.13. The van der Waals surface area contributed by atoms with E-state index in [1.807, 2.05) is 13.8 Å². The van der Waals surface area contributed by atoms with Crippen LogP contribution in [-0.2, 0) is 16.0 Å². The number of hydrogen-bond acceptors (Lipinski definition) is 4. The topological polar surface area (TPSA) is 74.6 Å². The van der Waals surface area contributed by atoms with Gasteiger partial charge in [0, 0.05) is 29.7 Å². The highest BCUT2D eigenvalue weighted by Crippen LogP contribution is 2.52. The molecule has 2 fully saturated rings. The number of rotatable bonds is 3. The minimum atomic E-state index is -0.339. The van der Waals surface area contributed by atoms with Gasteiger partial charge in [0.05, 0.1) is 0 Å². The van der Waals surface area contributed by atoms with Gasteiger partial charge < -0.3 is 10.2 Å². The highest BCUT2D eigenvalue weighted by Gasteiger charge is 2.53. The van der Waals surface area contributed by atoms with Crippen LogP contribution in [0.1, 0.15) is 50.2 Å². The Morgan fingerprint density at radius 1 is 1.22 bits per heavy atom. The van der Waals surface area contributed by atoms with Crippen LogP contribution in [0, 0.1) is 24.2 Å². The monoisotopic (exact) mass is 316 g/mol. The van der Waals surface area contributed by atoms with Crippen molar-refractivity contribution in [2.75, 3.05) is 0 Å². The summed E-state index contributed by atoms with van der Waals surface area (Å²) in [7, 11) is 0. The van der Waals surface area contributed by atoms with Crippen LogP contribution in [0.2, 0.25) is 0 Å². The molecule has 124 valence electrons. The van der Waals surface area contributed by atoms with E-state index in [2.05, 4.69) is 0 Å². The lowest BCUT2D eigenvalue weighted by molar-refractivity contribution is -0.136. The van der Waals surface area contributed by atoms with Gasteiger partial charge in [0.1, 0.15) is 11.6 Å². The van der Waals surface area contributed by atoms with Crippen molar-refractivity contribution in [1.82, 2.24) is 0 Å². The van der Waals surface area contributed by atoms with E-state index in [4.69, 9.17) is 0 Å². The van der Waals surface area contributed by atoms with E-state index in [9.17, 15) is 19.8 Å². The largest absolute Gasteiger partial charge is 0.504 e. The fourth-order valence-corrected chi connectivity index (χ4v) is 4.56. The fraction of sp³-hybridized carbons (Fsp3) is 0.579. The van der Waals surface area contributed by atoms with Gasteiger partial charge in [0.15, 0.2) is 11.5 Å². The van der Waals surface area contributed by atoms with Gasteiger partial charge in [-0.05, 0) is 50.2 Å². The van der Waals surface area contributed by atoms with Crippen LogP contribution in [0.15, 0.2) is 12.1 Å². The van der Waals surface area contributed by atoms with Crippen LogP contribution < -0.4 is 0 Å². The number of aryl methyl sites for hydroxylation is 1. The number of hydrogen-bond donors (Lipinski definition) is 2. The number of carbonyl (C=O) groups excluding carboxylic acids is 2. The molecule has 0 bridgehead atoms. The average Bonchev–Trinajstić information content (AvgIpc) is 2.82. The molecule has 3 rings (SSSR count). The number of phenols is 2. The quantitative estimate of drug-likeness (QED) is 0.839. The second-order valence-corrected chi connectivity index (χ2v) is 7.33. The number of aromatic hydroxyl groups is 2. The molecule has 0 heterocycles. The summed E-state index contributed by atoms with van der Waals surface area (Å²) in [5.74, 6) is 0.369. The Labute approximate surface area is 136 Å². The van der Waals surface area contributed by atoms with E-state index >= 15 is 0 Å². The number of phenolic OH excluding ortho intramolecular Hbond substituents is 2. The molecule has 1 aromatic carbocycles. The Bertz CT molecular complexity index is 664. The molecule has 0 amide bonds. The zero-order valence-corrected chi connectivity index (χ0v) is 13.8. The van der Waals surface area contributed by atoms with Crippen LogP contribution in [0.25, 0.3) is 0 Å². The van der Waals surface area contributed by atoms with Crippen molar-refractivity contribution in [3.05, 3.63) is 23.3 Å². The number of benzene rings is 1. The minimum absolute atomic E-state index is 0.0847. The third kappa shape index (κ3) is 2.54. The average molecular weight is 316 g/mol. The molecule has 4 heteroatoms. The number of fused-ring (bicyclic) bond motifs is 1. The summed E-state index contributed by atoms with van der Waals surface area (Å²) in [6, 6.07) is 3.25. The van der Waals surface area contributed by atoms with Gasteiger partial charge in [0.2, 0.25) is 0 Å². The summed E-state index contributed by atoms with van der Waals surface area (Å²) in [5, 5.41) is 19.7. The Morgan fingerprint density at radius 3 is 2.70 bits per heavy atom. The molecule has 2 aliphatic rings. The molecule has 1 aromatic rings. The Balaban J connectivity index is 1.81. The van der Waals surface area contributed by atoms with Gasteiger partial charge in [-0.3, -0.25) is 9.59 Å². The lowest BCUT2D eigenvalue weighted by Crippen LogP contribution is -2.42. The van der Waals surface area contributed by atoms with Crippen LogP contribution in [0.4, 0.5) is 0 Å². The lowest BCUT2D eigenvalue weighted by Gasteiger charge is -2.39. The smallest absolute Gasteiger partial charge is 0.160 e. The molecule has 2 N–H and O–H groups in total. The molecule has 0 spiro atoms. The summed E-state index contributed by atoms with van der Waals surface area (Å²) < 4.78 is 0. The minimum Gasteiger partial charge on any atom is -0.504 e. The van der Waals surface area contributed by atoms with Crippen molar-refractivity contribution in [2.24, 2.45) is 17.3 Å². The maximum absolute atomic E-state index is 12.4. The van der Waals surface area contributed by atoms with E-state index in [1.54, 1.807) is 6.07 Å². The summed E-state index contributed by atoms with van der Waals surface area (Å²) in [4.78, 5) is 24.6. The predicted octanol–water partition coefficient (Wildman–Crippen LogP) is 3.30. The molecule has 0 aliphatic heterocycles. The Hall–Kier alpha value is -1.84. The van der Waals surface area contributed by atoms with Gasteiger partial charge in [0.25, 0.3) is 0 Å². The molecular weight excluding hydrogens is 292 g/mol. The molecule has 1 unspecified atom stereocenters. The van der Waals surface area contributed by atoms with Crippen LogP contribution in [-0.4, -0.2) is 21.8 Å². The van der Waals surface area contributed by atoms with E-state index in [-0.39, 0.29) is 34.5 Å². The van der Waals surface area contributed by atoms with Crippen molar-refractivity contribution in [3.8, 4) is 11.5 Å². The number of carbonyl (C=O) groups is 2. The second kappa shape index (κ2) is 5.66. The van der Waals surface area contributed by atoms with Gasteiger partial charge in [-0.1, -0.05) is 13.0 Å². The first kappa shape index (κ1) is 16.0. The first-order valence-corrected chi connectivity index (χ1v) is 8.41. The fourth-order valence-electron chi connectivity index (χ4n) is 4.56. The summed E-state index contributed by atoms with van der Waals surface area (Å²) in [6.45, 7) is 3.91. The highest BCUT2D eigenvalue weighted by atomic mass is 16.3. The Morgan fingerprint density at radius 2 is 1.96 bits per heavy atom. The molecule has 23 heavy (non-hydrogen) atoms. The summed E-state index contributed by atoms with van der Waals surface area (Å²) in [5.41, 5.74) is 1.28. The van der Waals surface area contributed by atoms with Crippen molar-refractivity contribution in [3.63, 3.8) is 0 Å². The maximum atomic E-state index is 12.4. The second-order valence-electron chi connectivity index (χ2n) is 7.33. The number of Topliss-reactive ketones (excluding diaryl/α,β-unsaturated/α-hetero) is 2. The molecule has 3 atom stereocenters. The molecule has 0 radical (unpaired) electrons. The van der Waals surface area contributed by atoms with Crippen molar-refractivity contribution < 1.29 is 19.8 Å². The summed E-state index contributed by atoms with van der Waals surface area (Å²) in [6.07, 6.45) is 3.72. The van der Waals surface area contributed by atoms with Gasteiger partial charge >= 0.3 is 0 Å². The van der Waals surface area contributed by atoms with Crippen LogP contribution in [0.3, 0.4) is 0 Å². The van der Waals surface area contributed by atoms with Crippen molar-refractivity contribution in [2.45, 2.75) is 52.4 Å². The Kier molecular flexibility index (Phi) is 3.95. The lowest BCUT2D eigenvalue weighted by atomic mass is 9.62. The highest BCUT2D eigenvalue weighted by molar-refractivity contribution is 5.92. The molecule has 0 aromatic heterocycles. The molecular formula is C19H24O4. The maximum Gasteiger partial charge on any atom is 0.160 e. The molecule has 2 aliphatic carbocycles. The van der Waals surface area contributed by atoms with Crippen LogP contribution >= 0.6 is 0 Å². The van der Waals surface area contributed by atoms with E-state index in [0.29, 0.717) is 43.5 Å². The molecule has 2 saturated carbocycles. The van der Waals surface area contributed by atoms with Gasteiger partial charge in [-0.25, -0.2) is 0 Å². The van der Waals surface area contributed by atoms with Crippen molar-refractivity contribution >= 4 is 11.6 Å². The van der Waals surface area contributed by atoms with Crippen molar-refractivity contribution in [1.29, 1.82) is 0 Å².